The van der Waals surface area contributed by atoms with Crippen LogP contribution in [0.4, 0.5) is 0 Å². The lowest BCUT2D eigenvalue weighted by Gasteiger charge is -2.11. The van der Waals surface area contributed by atoms with Crippen LogP contribution in [0.15, 0.2) is 150 Å². The fourth-order valence-corrected chi connectivity index (χ4v) is 6.97. The van der Waals surface area contributed by atoms with E-state index in [4.69, 9.17) is 14.4 Å². The van der Waals surface area contributed by atoms with Gasteiger partial charge >= 0.3 is 0 Å². The molecule has 0 bridgehead atoms. The smallest absolute Gasteiger partial charge is 0.144 e. The lowest BCUT2D eigenvalue weighted by molar-refractivity contribution is 0.673. The van der Waals surface area contributed by atoms with Crippen molar-refractivity contribution < 1.29 is 4.42 Å². The van der Waals surface area contributed by atoms with Crippen LogP contribution in [0.5, 0.6) is 0 Å². The maximum Gasteiger partial charge on any atom is 0.144 e. The van der Waals surface area contributed by atoms with Gasteiger partial charge in [0, 0.05) is 73.0 Å². The van der Waals surface area contributed by atoms with Gasteiger partial charge in [-0.25, -0.2) is 4.98 Å². The molecule has 10 rings (SSSR count). The summed E-state index contributed by atoms with van der Waals surface area (Å²) in [5.74, 6) is 0. The molecule has 0 N–H and O–H groups in total. The fraction of sp³-hybridized carbons (Fsp3) is 0. The third-order valence-electron chi connectivity index (χ3n) is 9.22. The number of hydrogen-bond acceptors (Lipinski definition) is 5. The summed E-state index contributed by atoms with van der Waals surface area (Å²) in [5.41, 5.74) is 10.6. The van der Waals surface area contributed by atoms with Gasteiger partial charge in [-0.05, 0) is 42.0 Å². The van der Waals surface area contributed by atoms with Gasteiger partial charge in [-0.2, -0.15) is 0 Å². The number of benzene rings is 5. The van der Waals surface area contributed by atoms with E-state index in [0.29, 0.717) is 0 Å². The van der Waals surface area contributed by atoms with Crippen molar-refractivity contribution >= 4 is 65.4 Å². The molecule has 0 saturated heterocycles. The summed E-state index contributed by atoms with van der Waals surface area (Å²) in [7, 11) is 0. The number of furan rings is 1. The molecular weight excluding hydrogens is 576 g/mol. The van der Waals surface area contributed by atoms with Crippen molar-refractivity contribution in [3.05, 3.63) is 146 Å². The minimum absolute atomic E-state index is 0.892. The molecule has 5 aromatic heterocycles. The highest BCUT2D eigenvalue weighted by Gasteiger charge is 2.17. The minimum atomic E-state index is 0.892. The average Bonchev–Trinajstić information content (AvgIpc) is 3.53. The zero-order valence-electron chi connectivity index (χ0n) is 25.1. The first kappa shape index (κ1) is 25.8. The summed E-state index contributed by atoms with van der Waals surface area (Å²) in [6, 6.07) is 43.9. The molecule has 5 heteroatoms. The topological polar surface area (TPSA) is 64.7 Å². The summed E-state index contributed by atoms with van der Waals surface area (Å²) >= 11 is 0. The molecule has 0 radical (unpaired) electrons. The van der Waals surface area contributed by atoms with Crippen LogP contribution in [0.1, 0.15) is 0 Å². The van der Waals surface area contributed by atoms with Crippen molar-refractivity contribution in [2.75, 3.05) is 0 Å². The Balaban J connectivity index is 1.05. The van der Waals surface area contributed by atoms with Gasteiger partial charge in [0.1, 0.15) is 11.2 Å². The van der Waals surface area contributed by atoms with Crippen LogP contribution in [-0.2, 0) is 0 Å². The maximum atomic E-state index is 6.48. The normalized spacial score (nSPS) is 11.8. The standard InChI is InChI=1S/C42H24N4O/c1-3-9-36-33(8-1)38-34(19-18-32-30-7-2-4-10-37(30)47-42(32)38)39(46-36)27-13-11-25(12-14-27)35-20-16-28(24-45-35)29-21-23-44-41-31(29)17-15-26-6-5-22-43-40(26)41/h1-24H. The fourth-order valence-electron chi connectivity index (χ4n) is 6.97. The second-order valence-corrected chi connectivity index (χ2v) is 11.8. The lowest BCUT2D eigenvalue weighted by Crippen LogP contribution is -1.91. The molecule has 0 aliphatic carbocycles. The van der Waals surface area contributed by atoms with Crippen molar-refractivity contribution in [3.8, 4) is 33.6 Å². The van der Waals surface area contributed by atoms with Gasteiger partial charge in [0.2, 0.25) is 0 Å². The van der Waals surface area contributed by atoms with Gasteiger partial charge in [-0.1, -0.05) is 91.0 Å². The third kappa shape index (κ3) is 3.97. The number of aromatic nitrogens is 4. The molecule has 5 nitrogen and oxygen atoms in total. The Kier molecular flexibility index (Phi) is 5.51. The molecular formula is C42H24N4O. The molecule has 5 aromatic carbocycles. The molecule has 47 heavy (non-hydrogen) atoms. The van der Waals surface area contributed by atoms with Crippen LogP contribution < -0.4 is 0 Å². The molecule has 0 amide bonds. The van der Waals surface area contributed by atoms with Crippen LogP contribution in [0, 0.1) is 0 Å². The van der Waals surface area contributed by atoms with E-state index in [1.165, 1.54) is 0 Å². The van der Waals surface area contributed by atoms with Crippen LogP contribution in [0.2, 0.25) is 0 Å². The number of pyridine rings is 4. The van der Waals surface area contributed by atoms with Crippen molar-refractivity contribution in [2.45, 2.75) is 0 Å². The van der Waals surface area contributed by atoms with E-state index in [2.05, 4.69) is 107 Å². The SMILES string of the molecule is c1cnc2c(c1)ccc1c(-c3ccc(-c4ccc(-c5nc6ccccc6c6c5ccc5c7ccccc7oc56)cc4)nc3)ccnc12. The molecule has 5 heterocycles. The Hall–Kier alpha value is -6.46. The largest absolute Gasteiger partial charge is 0.455 e. The van der Waals surface area contributed by atoms with E-state index in [9.17, 15) is 0 Å². The van der Waals surface area contributed by atoms with Gasteiger partial charge < -0.3 is 4.42 Å². The summed E-state index contributed by atoms with van der Waals surface area (Å²) in [6.45, 7) is 0. The van der Waals surface area contributed by atoms with Gasteiger partial charge in [0.15, 0.2) is 0 Å². The molecule has 0 fully saturated rings. The second-order valence-electron chi connectivity index (χ2n) is 11.8. The van der Waals surface area contributed by atoms with Crippen LogP contribution in [0.25, 0.3) is 99.1 Å². The van der Waals surface area contributed by atoms with Gasteiger partial charge in [-0.15, -0.1) is 0 Å². The lowest BCUT2D eigenvalue weighted by atomic mass is 9.97. The molecule has 0 atom stereocenters. The highest BCUT2D eigenvalue weighted by atomic mass is 16.3. The third-order valence-corrected chi connectivity index (χ3v) is 9.22. The first-order chi connectivity index (χ1) is 23.3. The van der Waals surface area contributed by atoms with E-state index in [-0.39, 0.29) is 0 Å². The molecule has 0 unspecified atom stereocenters. The Morgan fingerprint density at radius 3 is 2.13 bits per heavy atom. The van der Waals surface area contributed by atoms with Crippen LogP contribution >= 0.6 is 0 Å². The Labute approximate surface area is 268 Å². The predicted molar refractivity (Wildman–Crippen MR) is 191 cm³/mol. The summed E-state index contributed by atoms with van der Waals surface area (Å²) in [4.78, 5) is 19.3. The van der Waals surface area contributed by atoms with Gasteiger partial charge in [0.25, 0.3) is 0 Å². The quantitative estimate of drug-likeness (QED) is 0.189. The van der Waals surface area contributed by atoms with E-state index in [1.807, 2.05) is 48.9 Å². The summed E-state index contributed by atoms with van der Waals surface area (Å²) < 4.78 is 6.48. The van der Waals surface area contributed by atoms with Crippen molar-refractivity contribution in [1.29, 1.82) is 0 Å². The first-order valence-electron chi connectivity index (χ1n) is 15.6. The Morgan fingerprint density at radius 1 is 0.468 bits per heavy atom. The molecule has 10 aromatic rings. The van der Waals surface area contributed by atoms with Crippen molar-refractivity contribution in [3.63, 3.8) is 0 Å². The number of fused-ring (bicyclic) bond motifs is 10. The number of rotatable bonds is 3. The summed E-state index contributed by atoms with van der Waals surface area (Å²) in [6.07, 6.45) is 5.61. The molecule has 0 aliphatic heterocycles. The number of para-hydroxylation sites is 2. The molecule has 0 spiro atoms. The first-order valence-corrected chi connectivity index (χ1v) is 15.6. The zero-order valence-corrected chi connectivity index (χ0v) is 25.1. The zero-order chi connectivity index (χ0) is 30.9. The van der Waals surface area contributed by atoms with Crippen LogP contribution in [0.3, 0.4) is 0 Å². The average molecular weight is 601 g/mol. The second kappa shape index (κ2) is 10.0. The monoisotopic (exact) mass is 600 g/mol. The van der Waals surface area contributed by atoms with Gasteiger partial charge in [-0.3, -0.25) is 15.0 Å². The molecule has 0 saturated carbocycles. The van der Waals surface area contributed by atoms with Crippen molar-refractivity contribution in [2.24, 2.45) is 0 Å². The maximum absolute atomic E-state index is 6.48. The highest BCUT2D eigenvalue weighted by molar-refractivity contribution is 6.24. The minimum Gasteiger partial charge on any atom is -0.455 e. The molecule has 218 valence electrons. The Bertz CT molecular complexity index is 2840. The summed E-state index contributed by atoms with van der Waals surface area (Å²) in [5, 5.41) is 7.63. The molecule has 0 aliphatic rings. The van der Waals surface area contributed by atoms with Crippen LogP contribution in [-0.4, -0.2) is 19.9 Å². The van der Waals surface area contributed by atoms with Gasteiger partial charge in [0.05, 0.1) is 27.9 Å². The highest BCUT2D eigenvalue weighted by Crippen LogP contribution is 2.41. The van der Waals surface area contributed by atoms with E-state index < -0.39 is 0 Å². The van der Waals surface area contributed by atoms with E-state index in [0.717, 1.165) is 99.1 Å². The number of nitrogens with zero attached hydrogens (tertiary/aromatic N) is 4. The van der Waals surface area contributed by atoms with E-state index in [1.54, 1.807) is 0 Å². The Morgan fingerprint density at radius 2 is 1.23 bits per heavy atom. The van der Waals surface area contributed by atoms with Crippen molar-refractivity contribution in [1.82, 2.24) is 19.9 Å². The van der Waals surface area contributed by atoms with E-state index >= 15 is 0 Å². The predicted octanol–water partition coefficient (Wildman–Crippen LogP) is 10.8. The number of hydrogen-bond donors (Lipinski definition) is 0.